The van der Waals surface area contributed by atoms with E-state index in [1.165, 1.54) is 32.1 Å². The third kappa shape index (κ3) is 6.79. The molecule has 144 valence electrons. The maximum absolute atomic E-state index is 12.3. The second-order valence-corrected chi connectivity index (χ2v) is 7.73. The van der Waals surface area contributed by atoms with Crippen molar-refractivity contribution in [2.75, 3.05) is 13.1 Å². The van der Waals surface area contributed by atoms with Gasteiger partial charge < -0.3 is 16.4 Å². The molecule has 0 spiro atoms. The fourth-order valence-electron chi connectivity index (χ4n) is 3.57. The van der Waals surface area contributed by atoms with Crippen LogP contribution in [0.3, 0.4) is 0 Å². The van der Waals surface area contributed by atoms with Crippen molar-refractivity contribution >= 4 is 11.8 Å². The summed E-state index contributed by atoms with van der Waals surface area (Å²) in [5, 5.41) is 5.93. The first kappa shape index (κ1) is 20.4. The predicted molar refractivity (Wildman–Crippen MR) is 105 cm³/mol. The molecule has 0 aromatic heterocycles. The Morgan fingerprint density at radius 2 is 1.92 bits per heavy atom. The van der Waals surface area contributed by atoms with Gasteiger partial charge in [-0.05, 0) is 44.2 Å². The maximum atomic E-state index is 12.3. The highest BCUT2D eigenvalue weighted by Crippen LogP contribution is 2.22. The summed E-state index contributed by atoms with van der Waals surface area (Å²) < 4.78 is 0. The highest BCUT2D eigenvalue weighted by molar-refractivity contribution is 5.94. The minimum absolute atomic E-state index is 0.0658. The number of hydrogen-bond donors (Lipinski definition) is 3. The number of aryl methyl sites for hydroxylation is 1. The van der Waals surface area contributed by atoms with Crippen molar-refractivity contribution in [3.63, 3.8) is 0 Å². The van der Waals surface area contributed by atoms with Crippen molar-refractivity contribution < 1.29 is 9.59 Å². The minimum Gasteiger partial charge on any atom is -0.356 e. The van der Waals surface area contributed by atoms with Crippen LogP contribution in [-0.2, 0) is 4.79 Å². The van der Waals surface area contributed by atoms with Gasteiger partial charge in [-0.3, -0.25) is 9.59 Å². The first-order valence-corrected chi connectivity index (χ1v) is 9.84. The lowest BCUT2D eigenvalue weighted by Gasteiger charge is -2.23. The quantitative estimate of drug-likeness (QED) is 0.667. The first-order valence-electron chi connectivity index (χ1n) is 9.84. The Bertz CT molecular complexity index is 597. The molecule has 1 aromatic rings. The van der Waals surface area contributed by atoms with Gasteiger partial charge in [0.05, 0.1) is 0 Å². The fraction of sp³-hybridized carbons (Fsp3) is 0.619. The molecule has 0 radical (unpaired) electrons. The van der Waals surface area contributed by atoms with Gasteiger partial charge in [0.25, 0.3) is 5.91 Å². The molecule has 5 nitrogen and oxygen atoms in total. The van der Waals surface area contributed by atoms with Crippen molar-refractivity contribution in [1.29, 1.82) is 0 Å². The van der Waals surface area contributed by atoms with Gasteiger partial charge in [-0.25, -0.2) is 0 Å². The molecule has 1 aliphatic rings. The van der Waals surface area contributed by atoms with Crippen LogP contribution in [0.25, 0.3) is 0 Å². The summed E-state index contributed by atoms with van der Waals surface area (Å²) in [6.45, 7) is 5.00. The molecule has 0 saturated heterocycles. The predicted octanol–water partition coefficient (Wildman–Crippen LogP) is 2.77. The van der Waals surface area contributed by atoms with E-state index < -0.39 is 0 Å². The number of carbonyl (C=O) groups excluding carboxylic acids is 2. The van der Waals surface area contributed by atoms with Crippen molar-refractivity contribution in [3.8, 4) is 0 Å². The van der Waals surface area contributed by atoms with Gasteiger partial charge in [0, 0.05) is 30.6 Å². The highest BCUT2D eigenvalue weighted by atomic mass is 16.2. The smallest absolute Gasteiger partial charge is 0.251 e. The largest absolute Gasteiger partial charge is 0.356 e. The Labute approximate surface area is 157 Å². The topological polar surface area (TPSA) is 84.2 Å². The Balaban J connectivity index is 1.68. The molecule has 1 aromatic carbocycles. The third-order valence-corrected chi connectivity index (χ3v) is 5.20. The zero-order chi connectivity index (χ0) is 18.9. The number of nitrogens with one attached hydrogen (secondary N) is 2. The van der Waals surface area contributed by atoms with Crippen LogP contribution in [0, 0.1) is 18.8 Å². The molecule has 2 amide bonds. The second-order valence-electron chi connectivity index (χ2n) is 7.73. The number of carbonyl (C=O) groups is 2. The summed E-state index contributed by atoms with van der Waals surface area (Å²) in [7, 11) is 0. The summed E-state index contributed by atoms with van der Waals surface area (Å²) in [5.74, 6) is 0.418. The van der Waals surface area contributed by atoms with Crippen LogP contribution < -0.4 is 16.4 Å². The summed E-state index contributed by atoms with van der Waals surface area (Å²) in [6.07, 6.45) is 6.89. The molecule has 0 heterocycles. The van der Waals surface area contributed by atoms with E-state index in [4.69, 9.17) is 5.73 Å². The van der Waals surface area contributed by atoms with E-state index in [0.29, 0.717) is 24.4 Å². The van der Waals surface area contributed by atoms with Crippen LogP contribution in [0.2, 0.25) is 0 Å². The Morgan fingerprint density at radius 1 is 1.19 bits per heavy atom. The molecule has 26 heavy (non-hydrogen) atoms. The standard InChI is InChI=1S/C21H33N3O2/c1-15-7-6-10-18(11-15)21(26)24-14-19(22)12-16(2)20(25)23-13-17-8-4-3-5-9-17/h6-7,10-11,16-17,19H,3-5,8-9,12-14,22H2,1-2H3,(H,23,25)(H,24,26). The molecule has 2 unspecified atom stereocenters. The average molecular weight is 360 g/mol. The Kier molecular flexibility index (Phi) is 8.10. The van der Waals surface area contributed by atoms with Gasteiger partial charge in [-0.1, -0.05) is 43.9 Å². The van der Waals surface area contributed by atoms with Gasteiger partial charge in [-0.2, -0.15) is 0 Å². The van der Waals surface area contributed by atoms with E-state index in [9.17, 15) is 9.59 Å². The molecule has 1 aliphatic carbocycles. The number of hydrogen-bond acceptors (Lipinski definition) is 3. The van der Waals surface area contributed by atoms with Gasteiger partial charge in [0.15, 0.2) is 0 Å². The minimum atomic E-state index is -0.237. The van der Waals surface area contributed by atoms with Gasteiger partial charge in [0.2, 0.25) is 5.91 Å². The fourth-order valence-corrected chi connectivity index (χ4v) is 3.57. The van der Waals surface area contributed by atoms with Crippen molar-refractivity contribution in [3.05, 3.63) is 35.4 Å². The summed E-state index contributed by atoms with van der Waals surface area (Å²) in [5.41, 5.74) is 7.79. The molecular formula is C21H33N3O2. The number of nitrogens with two attached hydrogens (primary N) is 1. The van der Waals surface area contributed by atoms with Crippen molar-refractivity contribution in [1.82, 2.24) is 10.6 Å². The van der Waals surface area contributed by atoms with Crippen molar-refractivity contribution in [2.24, 2.45) is 17.6 Å². The van der Waals surface area contributed by atoms with Gasteiger partial charge in [-0.15, -0.1) is 0 Å². The zero-order valence-electron chi connectivity index (χ0n) is 16.1. The second kappa shape index (κ2) is 10.3. The molecule has 1 saturated carbocycles. The van der Waals surface area contributed by atoms with Crippen LogP contribution in [0.1, 0.15) is 61.4 Å². The highest BCUT2D eigenvalue weighted by Gasteiger charge is 2.19. The van der Waals surface area contributed by atoms with Crippen LogP contribution in [0.4, 0.5) is 0 Å². The molecule has 2 atom stereocenters. The molecular weight excluding hydrogens is 326 g/mol. The van der Waals surface area contributed by atoms with E-state index in [1.54, 1.807) is 6.07 Å². The molecule has 5 heteroatoms. The van der Waals surface area contributed by atoms with E-state index in [2.05, 4.69) is 10.6 Å². The maximum Gasteiger partial charge on any atom is 0.251 e. The monoisotopic (exact) mass is 359 g/mol. The lowest BCUT2D eigenvalue weighted by Crippen LogP contribution is -2.41. The lowest BCUT2D eigenvalue weighted by molar-refractivity contribution is -0.125. The normalized spacial score (nSPS) is 17.3. The number of rotatable bonds is 8. The zero-order valence-corrected chi connectivity index (χ0v) is 16.1. The van der Waals surface area contributed by atoms with Crippen LogP contribution in [0.15, 0.2) is 24.3 Å². The van der Waals surface area contributed by atoms with E-state index in [-0.39, 0.29) is 23.8 Å². The van der Waals surface area contributed by atoms with Gasteiger partial charge >= 0.3 is 0 Å². The van der Waals surface area contributed by atoms with Crippen LogP contribution in [-0.4, -0.2) is 30.9 Å². The summed E-state index contributed by atoms with van der Waals surface area (Å²) in [6, 6.07) is 7.22. The molecule has 0 bridgehead atoms. The third-order valence-electron chi connectivity index (χ3n) is 5.20. The van der Waals surface area contributed by atoms with Crippen LogP contribution >= 0.6 is 0 Å². The van der Waals surface area contributed by atoms with E-state index in [0.717, 1.165) is 12.1 Å². The molecule has 1 fully saturated rings. The number of amides is 2. The lowest BCUT2D eigenvalue weighted by atomic mass is 9.89. The van der Waals surface area contributed by atoms with Gasteiger partial charge in [0.1, 0.15) is 0 Å². The molecule has 0 aliphatic heterocycles. The average Bonchev–Trinajstić information content (AvgIpc) is 2.65. The molecule has 4 N–H and O–H groups in total. The summed E-state index contributed by atoms with van der Waals surface area (Å²) in [4.78, 5) is 24.4. The molecule has 2 rings (SSSR count). The van der Waals surface area contributed by atoms with E-state index >= 15 is 0 Å². The SMILES string of the molecule is Cc1cccc(C(=O)NCC(N)CC(C)C(=O)NCC2CCCCC2)c1. The van der Waals surface area contributed by atoms with Crippen molar-refractivity contribution in [2.45, 2.75) is 58.4 Å². The Morgan fingerprint density at radius 3 is 2.62 bits per heavy atom. The van der Waals surface area contributed by atoms with Crippen LogP contribution in [0.5, 0.6) is 0 Å². The summed E-state index contributed by atoms with van der Waals surface area (Å²) >= 11 is 0. The Hall–Kier alpha value is -1.88. The van der Waals surface area contributed by atoms with E-state index in [1.807, 2.05) is 32.0 Å². The number of benzene rings is 1. The first-order chi connectivity index (χ1) is 12.5.